The molecule has 3 heterocycles. The second-order valence-corrected chi connectivity index (χ2v) is 7.84. The quantitative estimate of drug-likeness (QED) is 0.745. The molecule has 0 unspecified atom stereocenters. The lowest BCUT2D eigenvalue weighted by Gasteiger charge is -2.35. The zero-order valence-electron chi connectivity index (χ0n) is 14.2. The highest BCUT2D eigenvalue weighted by Crippen LogP contribution is 2.29. The molecule has 0 saturated carbocycles. The zero-order valence-corrected chi connectivity index (χ0v) is 15.8. The van der Waals surface area contributed by atoms with Crippen LogP contribution in [0.2, 0.25) is 5.02 Å². The molecule has 0 bridgehead atoms. The van der Waals surface area contributed by atoms with Crippen LogP contribution in [-0.2, 0) is 6.54 Å². The first-order valence-corrected chi connectivity index (χ1v) is 9.75. The van der Waals surface area contributed by atoms with Crippen molar-refractivity contribution in [3.05, 3.63) is 68.9 Å². The topological polar surface area (TPSA) is 52.2 Å². The van der Waals surface area contributed by atoms with E-state index in [4.69, 9.17) is 11.6 Å². The molecule has 0 aliphatic carbocycles. The van der Waals surface area contributed by atoms with Gasteiger partial charge in [-0.15, -0.1) is 11.3 Å². The fourth-order valence-corrected chi connectivity index (χ4v) is 4.45. The van der Waals surface area contributed by atoms with Gasteiger partial charge < -0.3 is 4.90 Å². The smallest absolute Gasteiger partial charge is 0.285 e. The van der Waals surface area contributed by atoms with Crippen LogP contribution in [0.15, 0.2) is 53.5 Å². The number of hydrogen-bond donors (Lipinski definition) is 1. The summed E-state index contributed by atoms with van der Waals surface area (Å²) in [5.41, 5.74) is 1.65. The molecule has 3 aromatic rings. The molecule has 7 heteroatoms. The number of halogens is 1. The van der Waals surface area contributed by atoms with E-state index in [0.717, 1.165) is 38.4 Å². The number of hydrogen-bond acceptors (Lipinski definition) is 5. The van der Waals surface area contributed by atoms with E-state index in [9.17, 15) is 4.79 Å². The number of piperazine rings is 1. The average molecular weight is 387 g/mol. The highest BCUT2D eigenvalue weighted by Gasteiger charge is 2.20. The molecule has 5 nitrogen and oxygen atoms in total. The summed E-state index contributed by atoms with van der Waals surface area (Å²) in [5.74, 6) is 0. The fourth-order valence-electron chi connectivity index (χ4n) is 3.18. The van der Waals surface area contributed by atoms with Crippen LogP contribution in [0.1, 0.15) is 4.88 Å². The Bertz CT molecular complexity index is 932. The molecule has 0 spiro atoms. The van der Waals surface area contributed by atoms with Crippen LogP contribution in [0.4, 0.5) is 5.69 Å². The Morgan fingerprint density at radius 2 is 1.85 bits per heavy atom. The number of thiophene rings is 1. The highest BCUT2D eigenvalue weighted by atomic mass is 35.5. The number of nitrogens with zero attached hydrogens (tertiary/aromatic N) is 3. The minimum atomic E-state index is -0.335. The van der Waals surface area contributed by atoms with Crippen LogP contribution in [0, 0.1) is 0 Å². The number of aromatic amines is 1. The van der Waals surface area contributed by atoms with Crippen molar-refractivity contribution in [3.63, 3.8) is 0 Å². The number of benzene rings is 1. The van der Waals surface area contributed by atoms with Crippen LogP contribution in [0.25, 0.3) is 10.4 Å². The van der Waals surface area contributed by atoms with Crippen LogP contribution >= 0.6 is 22.9 Å². The molecule has 1 N–H and O–H groups in total. The molecule has 0 radical (unpaired) electrons. The predicted octanol–water partition coefficient (Wildman–Crippen LogP) is 3.47. The normalized spacial score (nSPS) is 15.3. The van der Waals surface area contributed by atoms with Crippen LogP contribution in [-0.4, -0.2) is 41.3 Å². The Hall–Kier alpha value is -2.15. The van der Waals surface area contributed by atoms with E-state index in [2.05, 4.69) is 56.4 Å². The first-order valence-electron chi connectivity index (χ1n) is 8.55. The van der Waals surface area contributed by atoms with Crippen molar-refractivity contribution in [3.8, 4) is 10.4 Å². The molecule has 134 valence electrons. The van der Waals surface area contributed by atoms with Gasteiger partial charge in [-0.25, -0.2) is 5.10 Å². The van der Waals surface area contributed by atoms with E-state index in [1.807, 2.05) is 17.4 Å². The third kappa shape index (κ3) is 3.67. The molecular weight excluding hydrogens is 368 g/mol. The van der Waals surface area contributed by atoms with E-state index in [0.29, 0.717) is 0 Å². The molecule has 1 aromatic carbocycles. The largest absolute Gasteiger partial charge is 0.366 e. The second-order valence-electron chi connectivity index (χ2n) is 6.29. The van der Waals surface area contributed by atoms with E-state index >= 15 is 0 Å². The lowest BCUT2D eigenvalue weighted by molar-refractivity contribution is 0.252. The summed E-state index contributed by atoms with van der Waals surface area (Å²) in [5, 5.41) is 6.45. The Morgan fingerprint density at radius 3 is 2.62 bits per heavy atom. The first-order chi connectivity index (χ1) is 12.7. The van der Waals surface area contributed by atoms with Crippen LogP contribution < -0.4 is 10.5 Å². The molecule has 1 saturated heterocycles. The lowest BCUT2D eigenvalue weighted by Crippen LogP contribution is -2.46. The van der Waals surface area contributed by atoms with Gasteiger partial charge in [-0.05, 0) is 17.7 Å². The zero-order chi connectivity index (χ0) is 17.9. The van der Waals surface area contributed by atoms with Gasteiger partial charge in [0.1, 0.15) is 5.02 Å². The van der Waals surface area contributed by atoms with Gasteiger partial charge in [0.2, 0.25) is 0 Å². The first kappa shape index (κ1) is 17.3. The predicted molar refractivity (Wildman–Crippen MR) is 107 cm³/mol. The van der Waals surface area contributed by atoms with E-state index in [1.54, 1.807) is 6.20 Å². The van der Waals surface area contributed by atoms with Gasteiger partial charge in [0.05, 0.1) is 11.9 Å². The molecular formula is C19H19ClN4OS. The van der Waals surface area contributed by atoms with Crippen LogP contribution in [0.3, 0.4) is 0 Å². The Morgan fingerprint density at radius 1 is 1.08 bits per heavy atom. The van der Waals surface area contributed by atoms with Gasteiger partial charge in [-0.2, -0.15) is 5.10 Å². The molecule has 0 amide bonds. The second kappa shape index (κ2) is 7.61. The Labute approximate surface area is 160 Å². The Kier molecular flexibility index (Phi) is 5.06. The summed E-state index contributed by atoms with van der Waals surface area (Å²) < 4.78 is 0. The molecule has 26 heavy (non-hydrogen) atoms. The SMILES string of the molecule is O=c1[nH]ncc(N2CCN(Cc3ccc(-c4ccccc4)s3)CC2)c1Cl. The van der Waals surface area contributed by atoms with Gasteiger partial charge >= 0.3 is 0 Å². The minimum Gasteiger partial charge on any atom is -0.366 e. The monoisotopic (exact) mass is 386 g/mol. The van der Waals surface area contributed by atoms with Crippen molar-refractivity contribution in [2.45, 2.75) is 6.54 Å². The van der Waals surface area contributed by atoms with Gasteiger partial charge in [0, 0.05) is 42.5 Å². The van der Waals surface area contributed by atoms with Crippen molar-refractivity contribution in [2.75, 3.05) is 31.1 Å². The highest BCUT2D eigenvalue weighted by molar-refractivity contribution is 7.15. The number of anilines is 1. The summed E-state index contributed by atoms with van der Waals surface area (Å²) in [7, 11) is 0. The third-order valence-corrected chi connectivity index (χ3v) is 6.07. The van der Waals surface area contributed by atoms with Crippen molar-refractivity contribution in [1.29, 1.82) is 0 Å². The molecule has 1 aliphatic heterocycles. The standard InChI is InChI=1S/C19H19ClN4OS/c20-18-16(12-21-22-19(18)25)24-10-8-23(9-11-24)13-15-6-7-17(26-15)14-4-2-1-3-5-14/h1-7,12H,8-11,13H2,(H,22,25). The molecule has 0 atom stereocenters. The molecule has 4 rings (SSSR count). The Balaban J connectivity index is 1.38. The maximum atomic E-state index is 11.6. The third-order valence-electron chi connectivity index (χ3n) is 4.59. The average Bonchev–Trinajstić information content (AvgIpc) is 3.14. The number of rotatable bonds is 4. The van der Waals surface area contributed by atoms with Gasteiger partial charge in [0.15, 0.2) is 0 Å². The van der Waals surface area contributed by atoms with Gasteiger partial charge in [0.25, 0.3) is 5.56 Å². The summed E-state index contributed by atoms with van der Waals surface area (Å²) in [6, 6.07) is 14.9. The summed E-state index contributed by atoms with van der Waals surface area (Å²) in [4.78, 5) is 18.9. The molecule has 2 aromatic heterocycles. The van der Waals surface area contributed by atoms with E-state index < -0.39 is 0 Å². The summed E-state index contributed by atoms with van der Waals surface area (Å²) in [6.45, 7) is 4.49. The summed E-state index contributed by atoms with van der Waals surface area (Å²) in [6.07, 6.45) is 1.63. The van der Waals surface area contributed by atoms with Crippen LogP contribution in [0.5, 0.6) is 0 Å². The fraction of sp³-hybridized carbons (Fsp3) is 0.263. The van der Waals surface area contributed by atoms with Crippen molar-refractivity contribution >= 4 is 28.6 Å². The lowest BCUT2D eigenvalue weighted by atomic mass is 10.2. The summed E-state index contributed by atoms with van der Waals surface area (Å²) >= 11 is 7.97. The molecule has 1 aliphatic rings. The number of nitrogens with one attached hydrogen (secondary N) is 1. The van der Waals surface area contributed by atoms with Crippen molar-refractivity contribution < 1.29 is 0 Å². The minimum absolute atomic E-state index is 0.221. The number of aromatic nitrogens is 2. The van der Waals surface area contributed by atoms with Gasteiger partial charge in [-0.3, -0.25) is 9.69 Å². The number of H-pyrrole nitrogens is 1. The van der Waals surface area contributed by atoms with Crippen molar-refractivity contribution in [2.24, 2.45) is 0 Å². The van der Waals surface area contributed by atoms with Crippen molar-refractivity contribution in [1.82, 2.24) is 15.1 Å². The molecule has 1 fully saturated rings. The maximum Gasteiger partial charge on any atom is 0.285 e. The maximum absolute atomic E-state index is 11.6. The van der Waals surface area contributed by atoms with E-state index in [-0.39, 0.29) is 10.6 Å². The van der Waals surface area contributed by atoms with E-state index in [1.165, 1.54) is 15.3 Å². The van der Waals surface area contributed by atoms with Gasteiger partial charge in [-0.1, -0.05) is 41.9 Å².